The molecule has 0 bridgehead atoms. The molecule has 1 aromatic rings. The minimum Gasteiger partial charge on any atom is -0.481 e. The first-order valence-corrected chi connectivity index (χ1v) is 6.83. The highest BCUT2D eigenvalue weighted by molar-refractivity contribution is 5.81. The molecule has 1 aromatic carbocycles. The van der Waals surface area contributed by atoms with E-state index in [1.54, 1.807) is 7.11 Å². The van der Waals surface area contributed by atoms with E-state index in [2.05, 4.69) is 0 Å². The number of hydrogen-bond acceptors (Lipinski definition) is 4. The molecule has 0 aliphatic heterocycles. The largest absolute Gasteiger partial charge is 0.481 e. The van der Waals surface area contributed by atoms with E-state index >= 15 is 0 Å². The number of rotatable bonds is 10. The Kier molecular flexibility index (Phi) is 7.28. The highest BCUT2D eigenvalue weighted by Gasteiger charge is 2.38. The second-order valence-corrected chi connectivity index (χ2v) is 4.81. The van der Waals surface area contributed by atoms with Crippen LogP contribution in [0.15, 0.2) is 24.3 Å². The summed E-state index contributed by atoms with van der Waals surface area (Å²) in [4.78, 5) is 11.7. The van der Waals surface area contributed by atoms with Crippen LogP contribution in [0.3, 0.4) is 0 Å². The molecule has 1 rings (SSSR count). The van der Waals surface area contributed by atoms with Gasteiger partial charge in [0.15, 0.2) is 0 Å². The van der Waals surface area contributed by atoms with Crippen molar-refractivity contribution in [1.82, 2.24) is 0 Å². The van der Waals surface area contributed by atoms with Crippen molar-refractivity contribution < 1.29 is 23.8 Å². The SMILES string of the molecule is COCCOCCCC(CN)(C(=O)O)c1ccc(F)cc1. The highest BCUT2D eigenvalue weighted by Crippen LogP contribution is 2.29. The van der Waals surface area contributed by atoms with Gasteiger partial charge in [-0.1, -0.05) is 12.1 Å². The number of ether oxygens (including phenoxy) is 2. The Morgan fingerprint density at radius 1 is 1.29 bits per heavy atom. The Balaban J connectivity index is 2.71. The fourth-order valence-corrected chi connectivity index (χ4v) is 2.17. The number of carboxylic acid groups (broad SMARTS) is 1. The lowest BCUT2D eigenvalue weighted by Crippen LogP contribution is -2.43. The first-order valence-electron chi connectivity index (χ1n) is 6.83. The molecule has 1 unspecified atom stereocenters. The van der Waals surface area contributed by atoms with Crippen molar-refractivity contribution in [2.24, 2.45) is 5.73 Å². The lowest BCUT2D eigenvalue weighted by Gasteiger charge is -2.28. The molecule has 0 saturated carbocycles. The molecule has 5 nitrogen and oxygen atoms in total. The Labute approximate surface area is 123 Å². The molecule has 6 heteroatoms. The van der Waals surface area contributed by atoms with E-state index in [0.29, 0.717) is 38.2 Å². The van der Waals surface area contributed by atoms with Crippen LogP contribution in [0, 0.1) is 5.82 Å². The summed E-state index contributed by atoms with van der Waals surface area (Å²) in [7, 11) is 1.59. The standard InChI is InChI=1S/C15H22FNO4/c1-20-9-10-21-8-2-7-15(11-17,14(18)19)12-3-5-13(16)6-4-12/h3-6H,2,7-11,17H2,1H3,(H,18,19). The minimum atomic E-state index is -1.21. The fraction of sp³-hybridized carbons (Fsp3) is 0.533. The van der Waals surface area contributed by atoms with Crippen LogP contribution >= 0.6 is 0 Å². The molecule has 0 aliphatic carbocycles. The zero-order valence-corrected chi connectivity index (χ0v) is 12.2. The second-order valence-electron chi connectivity index (χ2n) is 4.81. The van der Waals surface area contributed by atoms with E-state index < -0.39 is 17.2 Å². The average molecular weight is 299 g/mol. The number of nitrogens with two attached hydrogens (primary N) is 1. The van der Waals surface area contributed by atoms with Crippen molar-refractivity contribution in [1.29, 1.82) is 0 Å². The van der Waals surface area contributed by atoms with Crippen molar-refractivity contribution in [3.63, 3.8) is 0 Å². The van der Waals surface area contributed by atoms with Crippen LogP contribution in [0.1, 0.15) is 18.4 Å². The molecule has 0 spiro atoms. The van der Waals surface area contributed by atoms with E-state index in [-0.39, 0.29) is 6.54 Å². The normalized spacial score (nSPS) is 13.9. The molecule has 0 heterocycles. The van der Waals surface area contributed by atoms with Crippen LogP contribution in [-0.2, 0) is 19.7 Å². The number of hydrogen-bond donors (Lipinski definition) is 2. The summed E-state index contributed by atoms with van der Waals surface area (Å²) in [5, 5.41) is 9.55. The molecule has 21 heavy (non-hydrogen) atoms. The average Bonchev–Trinajstić information content (AvgIpc) is 2.48. The summed E-state index contributed by atoms with van der Waals surface area (Å²) in [5.41, 5.74) is 5.01. The van der Waals surface area contributed by atoms with Crippen molar-refractivity contribution in [2.45, 2.75) is 18.3 Å². The molecule has 1 atom stereocenters. The molecular formula is C15H22FNO4. The van der Waals surface area contributed by atoms with Gasteiger partial charge < -0.3 is 20.3 Å². The lowest BCUT2D eigenvalue weighted by atomic mass is 9.76. The van der Waals surface area contributed by atoms with Gasteiger partial charge in [0.2, 0.25) is 0 Å². The Hall–Kier alpha value is -1.50. The van der Waals surface area contributed by atoms with Gasteiger partial charge in [-0.05, 0) is 30.5 Å². The Morgan fingerprint density at radius 3 is 2.48 bits per heavy atom. The minimum absolute atomic E-state index is 0.0496. The topological polar surface area (TPSA) is 81.8 Å². The molecule has 0 amide bonds. The van der Waals surface area contributed by atoms with Crippen LogP contribution in [0.4, 0.5) is 4.39 Å². The van der Waals surface area contributed by atoms with Gasteiger partial charge in [0, 0.05) is 20.3 Å². The Morgan fingerprint density at radius 2 is 1.95 bits per heavy atom. The summed E-state index contributed by atoms with van der Waals surface area (Å²) in [6.07, 6.45) is 0.877. The van der Waals surface area contributed by atoms with Gasteiger partial charge in [0.25, 0.3) is 0 Å². The maximum Gasteiger partial charge on any atom is 0.315 e. The maximum absolute atomic E-state index is 13.0. The zero-order chi connectivity index (χ0) is 15.7. The molecule has 0 fully saturated rings. The van der Waals surface area contributed by atoms with Crippen LogP contribution < -0.4 is 5.73 Å². The number of halogens is 1. The third-order valence-electron chi connectivity index (χ3n) is 3.48. The number of methoxy groups -OCH3 is 1. The van der Waals surface area contributed by atoms with Gasteiger partial charge >= 0.3 is 5.97 Å². The summed E-state index contributed by atoms with van der Waals surface area (Å²) in [5.74, 6) is -1.41. The van der Waals surface area contributed by atoms with Gasteiger partial charge in [0.1, 0.15) is 11.2 Å². The van der Waals surface area contributed by atoms with E-state index in [4.69, 9.17) is 15.2 Å². The summed E-state index contributed by atoms with van der Waals surface area (Å²) < 4.78 is 23.2. The third-order valence-corrected chi connectivity index (χ3v) is 3.48. The monoisotopic (exact) mass is 299 g/mol. The summed E-state index contributed by atoms with van der Waals surface area (Å²) >= 11 is 0. The lowest BCUT2D eigenvalue weighted by molar-refractivity contribution is -0.144. The van der Waals surface area contributed by atoms with Crippen LogP contribution in [0.25, 0.3) is 0 Å². The van der Waals surface area contributed by atoms with E-state index in [9.17, 15) is 14.3 Å². The summed E-state index contributed by atoms with van der Waals surface area (Å²) in [6.45, 7) is 1.35. The van der Waals surface area contributed by atoms with Crippen molar-refractivity contribution in [3.05, 3.63) is 35.6 Å². The smallest absolute Gasteiger partial charge is 0.315 e. The van der Waals surface area contributed by atoms with E-state index in [1.807, 2.05) is 0 Å². The molecule has 0 aromatic heterocycles. The molecule has 118 valence electrons. The number of benzene rings is 1. The zero-order valence-electron chi connectivity index (χ0n) is 12.2. The molecular weight excluding hydrogens is 277 g/mol. The third kappa shape index (κ3) is 4.77. The number of carboxylic acids is 1. The number of carbonyl (C=O) groups is 1. The molecule has 0 saturated heterocycles. The number of aliphatic carboxylic acids is 1. The maximum atomic E-state index is 13.0. The van der Waals surface area contributed by atoms with Crippen molar-refractivity contribution in [2.75, 3.05) is 33.5 Å². The van der Waals surface area contributed by atoms with Gasteiger partial charge in [-0.2, -0.15) is 0 Å². The molecule has 0 radical (unpaired) electrons. The van der Waals surface area contributed by atoms with Crippen LogP contribution in [-0.4, -0.2) is 44.6 Å². The van der Waals surface area contributed by atoms with Gasteiger partial charge in [-0.3, -0.25) is 4.79 Å². The van der Waals surface area contributed by atoms with Crippen molar-refractivity contribution in [3.8, 4) is 0 Å². The van der Waals surface area contributed by atoms with Crippen molar-refractivity contribution >= 4 is 5.97 Å². The molecule has 0 aliphatic rings. The Bertz CT molecular complexity index is 438. The summed E-state index contributed by atoms with van der Waals surface area (Å²) in [6, 6.07) is 5.44. The fourth-order valence-electron chi connectivity index (χ4n) is 2.17. The first-order chi connectivity index (χ1) is 10.1. The predicted molar refractivity (Wildman–Crippen MR) is 76.7 cm³/mol. The van der Waals surface area contributed by atoms with Crippen LogP contribution in [0.2, 0.25) is 0 Å². The first kappa shape index (κ1) is 17.6. The second kappa shape index (κ2) is 8.71. The van der Waals surface area contributed by atoms with E-state index in [1.165, 1.54) is 24.3 Å². The highest BCUT2D eigenvalue weighted by atomic mass is 19.1. The van der Waals surface area contributed by atoms with Gasteiger partial charge in [0.05, 0.1) is 13.2 Å². The van der Waals surface area contributed by atoms with E-state index in [0.717, 1.165) is 0 Å². The molecule has 3 N–H and O–H groups in total. The quantitative estimate of drug-likeness (QED) is 0.641. The predicted octanol–water partition coefficient (Wildman–Crippen LogP) is 1.55. The van der Waals surface area contributed by atoms with Gasteiger partial charge in [-0.15, -0.1) is 0 Å². The van der Waals surface area contributed by atoms with Gasteiger partial charge in [-0.25, -0.2) is 4.39 Å². The van der Waals surface area contributed by atoms with Crippen LogP contribution in [0.5, 0.6) is 0 Å².